The van der Waals surface area contributed by atoms with Crippen LogP contribution >= 0.6 is 0 Å². The van der Waals surface area contributed by atoms with Gasteiger partial charge in [0, 0.05) is 30.8 Å². The number of nitro groups is 1. The standard InChI is InChI=1S/C20H17FN2O6/c21-14-6-2-12(3-7-14)17-16(19(26)20(27)22(17)10-1-11-24)18(25)13-4-8-15(9-5-13)23(28)29/h2-9,17,24-25H,1,10-11H2/t17-/m1/s1. The van der Waals surface area contributed by atoms with Crippen LogP contribution in [0, 0.1) is 15.9 Å². The summed E-state index contributed by atoms with van der Waals surface area (Å²) in [6, 6.07) is 9.07. The summed E-state index contributed by atoms with van der Waals surface area (Å²) in [6.45, 7) is -0.151. The van der Waals surface area contributed by atoms with Gasteiger partial charge in [0.2, 0.25) is 0 Å². The number of likely N-dealkylation sites (tertiary alicyclic amines) is 1. The Bertz CT molecular complexity index is 985. The molecule has 0 spiro atoms. The fourth-order valence-corrected chi connectivity index (χ4v) is 3.24. The number of halogens is 1. The monoisotopic (exact) mass is 400 g/mol. The lowest BCUT2D eigenvalue weighted by atomic mass is 9.95. The first-order valence-electron chi connectivity index (χ1n) is 8.74. The molecule has 150 valence electrons. The van der Waals surface area contributed by atoms with Crippen LogP contribution in [0.15, 0.2) is 54.1 Å². The first-order valence-corrected chi connectivity index (χ1v) is 8.74. The fraction of sp³-hybridized carbons (Fsp3) is 0.200. The van der Waals surface area contributed by atoms with E-state index in [1.54, 1.807) is 0 Å². The number of Topliss-reactive ketones (excluding diaryl/α,β-unsaturated/α-hetero) is 1. The third kappa shape index (κ3) is 3.85. The summed E-state index contributed by atoms with van der Waals surface area (Å²) >= 11 is 0. The number of benzene rings is 2. The molecule has 0 saturated carbocycles. The van der Waals surface area contributed by atoms with Gasteiger partial charge in [0.25, 0.3) is 17.4 Å². The van der Waals surface area contributed by atoms with Crippen LogP contribution in [0.2, 0.25) is 0 Å². The average molecular weight is 400 g/mol. The summed E-state index contributed by atoms with van der Waals surface area (Å²) in [4.78, 5) is 36.6. The van der Waals surface area contributed by atoms with E-state index < -0.39 is 34.2 Å². The highest BCUT2D eigenvalue weighted by Crippen LogP contribution is 2.39. The predicted molar refractivity (Wildman–Crippen MR) is 100 cm³/mol. The van der Waals surface area contributed by atoms with Gasteiger partial charge in [-0.3, -0.25) is 19.7 Å². The van der Waals surface area contributed by atoms with Crippen molar-refractivity contribution in [2.75, 3.05) is 13.2 Å². The van der Waals surface area contributed by atoms with E-state index in [9.17, 15) is 29.2 Å². The van der Waals surface area contributed by atoms with E-state index in [2.05, 4.69) is 0 Å². The minimum Gasteiger partial charge on any atom is -0.507 e. The molecule has 0 aliphatic carbocycles. The SMILES string of the molecule is O=C1C(=O)N(CCCO)[C@H](c2ccc(F)cc2)C1=C(O)c1ccc([N+](=O)[O-])cc1. The maximum absolute atomic E-state index is 13.4. The molecule has 8 nitrogen and oxygen atoms in total. The molecule has 1 heterocycles. The number of nitro benzene ring substituents is 1. The highest BCUT2D eigenvalue weighted by atomic mass is 19.1. The van der Waals surface area contributed by atoms with Crippen molar-refractivity contribution in [2.45, 2.75) is 12.5 Å². The van der Waals surface area contributed by atoms with Crippen LogP contribution in [-0.2, 0) is 9.59 Å². The second-order valence-electron chi connectivity index (χ2n) is 6.43. The quantitative estimate of drug-likeness (QED) is 0.253. The van der Waals surface area contributed by atoms with Crippen LogP contribution < -0.4 is 0 Å². The van der Waals surface area contributed by atoms with Crippen LogP contribution in [0.4, 0.5) is 10.1 Å². The normalized spacial score (nSPS) is 18.3. The Morgan fingerprint density at radius 1 is 1.10 bits per heavy atom. The molecular formula is C20H17FN2O6. The van der Waals surface area contributed by atoms with Crippen molar-refractivity contribution in [3.63, 3.8) is 0 Å². The molecule has 2 aromatic rings. The van der Waals surface area contributed by atoms with Crippen LogP contribution in [0.25, 0.3) is 5.76 Å². The van der Waals surface area contributed by atoms with Crippen LogP contribution in [0.5, 0.6) is 0 Å². The molecule has 1 aliphatic rings. The Kier molecular flexibility index (Phi) is 5.69. The van der Waals surface area contributed by atoms with Crippen LogP contribution in [-0.4, -0.2) is 44.9 Å². The smallest absolute Gasteiger partial charge is 0.295 e. The van der Waals surface area contributed by atoms with Gasteiger partial charge in [0.05, 0.1) is 16.5 Å². The maximum Gasteiger partial charge on any atom is 0.295 e. The van der Waals surface area contributed by atoms with Gasteiger partial charge in [-0.2, -0.15) is 0 Å². The van der Waals surface area contributed by atoms with Crippen molar-refractivity contribution >= 4 is 23.1 Å². The van der Waals surface area contributed by atoms with Gasteiger partial charge < -0.3 is 15.1 Å². The van der Waals surface area contributed by atoms with Gasteiger partial charge in [-0.25, -0.2) is 4.39 Å². The van der Waals surface area contributed by atoms with Gasteiger partial charge in [-0.15, -0.1) is 0 Å². The van der Waals surface area contributed by atoms with Gasteiger partial charge in [-0.05, 0) is 36.2 Å². The molecule has 3 rings (SSSR count). The predicted octanol–water partition coefficient (Wildman–Crippen LogP) is 2.54. The van der Waals surface area contributed by atoms with E-state index in [0.29, 0.717) is 5.56 Å². The van der Waals surface area contributed by atoms with E-state index >= 15 is 0 Å². The molecule has 0 aromatic heterocycles. The third-order valence-electron chi connectivity index (χ3n) is 4.63. The minimum absolute atomic E-state index is 0.0557. The number of aliphatic hydroxyl groups is 2. The minimum atomic E-state index is -0.975. The number of carbonyl (C=O) groups excluding carboxylic acids is 2. The molecule has 2 aromatic carbocycles. The largest absolute Gasteiger partial charge is 0.507 e. The summed E-state index contributed by atoms with van der Waals surface area (Å²) in [6.07, 6.45) is 0.211. The summed E-state index contributed by atoms with van der Waals surface area (Å²) < 4.78 is 13.4. The molecular weight excluding hydrogens is 383 g/mol. The molecule has 1 amide bonds. The lowest BCUT2D eigenvalue weighted by Crippen LogP contribution is -2.31. The zero-order valence-corrected chi connectivity index (χ0v) is 15.1. The van der Waals surface area contributed by atoms with Crippen molar-refractivity contribution in [1.29, 1.82) is 0 Å². The fourth-order valence-electron chi connectivity index (χ4n) is 3.24. The second-order valence-corrected chi connectivity index (χ2v) is 6.43. The summed E-state index contributed by atoms with van der Waals surface area (Å²) in [5, 5.41) is 30.7. The van der Waals surface area contributed by atoms with Crippen LogP contribution in [0.3, 0.4) is 0 Å². The Morgan fingerprint density at radius 3 is 2.28 bits per heavy atom. The Balaban J connectivity index is 2.12. The number of nitrogens with zero attached hydrogens (tertiary/aromatic N) is 2. The van der Waals surface area contributed by atoms with E-state index in [-0.39, 0.29) is 36.4 Å². The number of amides is 1. The number of ketones is 1. The van der Waals surface area contributed by atoms with Gasteiger partial charge in [0.1, 0.15) is 11.6 Å². The van der Waals surface area contributed by atoms with Crippen molar-refractivity contribution in [1.82, 2.24) is 4.90 Å². The highest BCUT2D eigenvalue weighted by Gasteiger charge is 2.45. The Morgan fingerprint density at radius 2 is 1.72 bits per heavy atom. The molecule has 1 saturated heterocycles. The third-order valence-corrected chi connectivity index (χ3v) is 4.63. The van der Waals surface area contributed by atoms with E-state index in [1.807, 2.05) is 0 Å². The molecule has 0 bridgehead atoms. The lowest BCUT2D eigenvalue weighted by Gasteiger charge is -2.25. The molecule has 0 unspecified atom stereocenters. The maximum atomic E-state index is 13.4. The number of carbonyl (C=O) groups is 2. The van der Waals surface area contributed by atoms with Gasteiger partial charge in [0.15, 0.2) is 0 Å². The number of rotatable bonds is 6. The first-order chi connectivity index (χ1) is 13.8. The average Bonchev–Trinajstić information content (AvgIpc) is 2.97. The van der Waals surface area contributed by atoms with Crippen molar-refractivity contribution < 1.29 is 29.1 Å². The Labute approximate surface area is 164 Å². The lowest BCUT2D eigenvalue weighted by molar-refractivity contribution is -0.384. The Hall–Kier alpha value is -3.59. The van der Waals surface area contributed by atoms with Gasteiger partial charge in [-0.1, -0.05) is 12.1 Å². The number of non-ortho nitro benzene ring substituents is 1. The first kappa shape index (κ1) is 20.2. The van der Waals surface area contributed by atoms with Crippen molar-refractivity contribution in [2.24, 2.45) is 0 Å². The molecule has 2 N–H and O–H groups in total. The van der Waals surface area contributed by atoms with Crippen molar-refractivity contribution in [3.05, 3.63) is 81.2 Å². The number of hydrogen-bond acceptors (Lipinski definition) is 6. The van der Waals surface area contributed by atoms with Gasteiger partial charge >= 0.3 is 0 Å². The summed E-state index contributed by atoms with van der Waals surface area (Å²) in [7, 11) is 0. The summed E-state index contributed by atoms with van der Waals surface area (Å²) in [5.74, 6) is -2.76. The van der Waals surface area contributed by atoms with E-state index in [1.165, 1.54) is 53.4 Å². The topological polar surface area (TPSA) is 121 Å². The van der Waals surface area contributed by atoms with Crippen LogP contribution in [0.1, 0.15) is 23.6 Å². The zero-order chi connectivity index (χ0) is 21.1. The molecule has 1 aliphatic heterocycles. The van der Waals surface area contributed by atoms with E-state index in [0.717, 1.165) is 0 Å². The number of aliphatic hydroxyl groups excluding tert-OH is 2. The molecule has 0 radical (unpaired) electrons. The molecule has 1 fully saturated rings. The number of hydrogen-bond donors (Lipinski definition) is 2. The summed E-state index contributed by atoms with van der Waals surface area (Å²) in [5.41, 5.74) is 0.142. The molecule has 1 atom stereocenters. The van der Waals surface area contributed by atoms with E-state index in [4.69, 9.17) is 5.11 Å². The second kappa shape index (κ2) is 8.19. The molecule has 9 heteroatoms. The highest BCUT2D eigenvalue weighted by molar-refractivity contribution is 6.46. The molecule has 29 heavy (non-hydrogen) atoms. The zero-order valence-electron chi connectivity index (χ0n) is 15.1. The van der Waals surface area contributed by atoms with Crippen molar-refractivity contribution in [3.8, 4) is 0 Å².